The molecule has 2 fully saturated rings. The Hall–Kier alpha value is -4.26. The minimum Gasteiger partial charge on any atom is -0.332 e. The topological polar surface area (TPSA) is 81.2 Å². The second-order valence-corrected chi connectivity index (χ2v) is 10.0. The normalized spacial score (nSPS) is 16.2. The van der Waals surface area contributed by atoms with Crippen molar-refractivity contribution >= 4 is 17.1 Å². The van der Waals surface area contributed by atoms with Crippen LogP contribution in [0.25, 0.3) is 28.0 Å². The van der Waals surface area contributed by atoms with Crippen LogP contribution in [-0.2, 0) is 17.5 Å². The highest BCUT2D eigenvalue weighted by atomic mass is 19.4. The van der Waals surface area contributed by atoms with Gasteiger partial charge in [0.25, 0.3) is 5.91 Å². The summed E-state index contributed by atoms with van der Waals surface area (Å²) in [7, 11) is 0. The van der Waals surface area contributed by atoms with E-state index >= 15 is 0 Å². The summed E-state index contributed by atoms with van der Waals surface area (Å²) in [5, 5.41) is 4.48. The van der Waals surface area contributed by atoms with Gasteiger partial charge in [-0.15, -0.1) is 0 Å². The number of pyridine rings is 1. The second-order valence-electron chi connectivity index (χ2n) is 10.0. The van der Waals surface area contributed by atoms with Gasteiger partial charge in [0.05, 0.1) is 35.6 Å². The number of carbonyl (C=O) groups excluding carboxylic acids is 1. The van der Waals surface area contributed by atoms with Gasteiger partial charge in [0.2, 0.25) is 0 Å². The van der Waals surface area contributed by atoms with Crippen LogP contribution in [0.5, 0.6) is 0 Å². The first-order valence-corrected chi connectivity index (χ1v) is 12.8. The molecule has 1 amide bonds. The van der Waals surface area contributed by atoms with Crippen molar-refractivity contribution in [2.45, 2.75) is 25.2 Å². The highest BCUT2D eigenvalue weighted by Crippen LogP contribution is 2.34. The molecule has 0 aliphatic carbocycles. The Kier molecular flexibility index (Phi) is 6.32. The Morgan fingerprint density at radius 2 is 1.80 bits per heavy atom. The third-order valence-electron chi connectivity index (χ3n) is 7.49. The van der Waals surface area contributed by atoms with Crippen LogP contribution in [-0.4, -0.2) is 72.3 Å². The number of fused-ring (bicyclic) bond motifs is 1. The number of alkyl halides is 3. The molecule has 0 saturated carbocycles. The lowest BCUT2D eigenvalue weighted by Crippen LogP contribution is -2.52. The van der Waals surface area contributed by atoms with E-state index in [1.165, 1.54) is 38.8 Å². The fourth-order valence-electron chi connectivity index (χ4n) is 5.17. The van der Waals surface area contributed by atoms with Gasteiger partial charge in [0.15, 0.2) is 11.5 Å². The lowest BCUT2D eigenvalue weighted by atomic mass is 10.1. The van der Waals surface area contributed by atoms with Crippen LogP contribution in [0, 0.1) is 0 Å². The van der Waals surface area contributed by atoms with Crippen LogP contribution in [0.15, 0.2) is 66.1 Å². The lowest BCUT2D eigenvalue weighted by Gasteiger charge is -2.39. The number of aromatic nitrogens is 5. The lowest BCUT2D eigenvalue weighted by molar-refractivity contribution is -0.137. The van der Waals surface area contributed by atoms with E-state index in [9.17, 15) is 27.2 Å². The summed E-state index contributed by atoms with van der Waals surface area (Å²) in [6.07, 6.45) is 1.77. The van der Waals surface area contributed by atoms with E-state index in [2.05, 4.69) is 21.6 Å². The van der Waals surface area contributed by atoms with Crippen molar-refractivity contribution in [1.82, 2.24) is 33.7 Å². The Morgan fingerprint density at radius 3 is 2.42 bits per heavy atom. The van der Waals surface area contributed by atoms with Gasteiger partial charge in [-0.25, -0.2) is 18.7 Å². The van der Waals surface area contributed by atoms with Crippen LogP contribution >= 0.6 is 0 Å². The monoisotopic (exact) mass is 555 g/mol. The summed E-state index contributed by atoms with van der Waals surface area (Å²) in [6, 6.07) is 5.51. The maximum absolute atomic E-state index is 13.9. The number of amides is 1. The third kappa shape index (κ3) is 4.49. The maximum atomic E-state index is 13.9. The first-order valence-electron chi connectivity index (χ1n) is 12.8. The molecule has 40 heavy (non-hydrogen) atoms. The standard InChI is InChI=1S/C27H25F4N7O2/c1-17(28)25(39)35-15-21(16-35)37-23-22(18-13-33-36(14-18)12-11-34-9-2-10-34)7-8-32-24(23)38(26(37)40)20-5-3-19(4-6-20)27(29,30)31/h3-8,13-14,21H,1-2,9-12,15-16H2. The molecule has 2 saturated heterocycles. The molecule has 0 spiro atoms. The van der Waals surface area contributed by atoms with Gasteiger partial charge in [-0.3, -0.25) is 14.0 Å². The summed E-state index contributed by atoms with van der Waals surface area (Å²) >= 11 is 0. The van der Waals surface area contributed by atoms with Crippen LogP contribution < -0.4 is 5.69 Å². The van der Waals surface area contributed by atoms with Crippen molar-refractivity contribution in [2.75, 3.05) is 32.7 Å². The van der Waals surface area contributed by atoms with E-state index in [0.29, 0.717) is 17.6 Å². The number of hydrogen-bond donors (Lipinski definition) is 0. The number of carbonyl (C=O) groups is 1. The number of rotatable bonds is 7. The Morgan fingerprint density at radius 1 is 1.07 bits per heavy atom. The highest BCUT2D eigenvalue weighted by molar-refractivity contribution is 5.92. The van der Waals surface area contributed by atoms with Crippen LogP contribution in [0.4, 0.5) is 17.6 Å². The Labute approximate surface area is 225 Å². The van der Waals surface area contributed by atoms with Crippen molar-refractivity contribution in [1.29, 1.82) is 0 Å². The number of hydrogen-bond acceptors (Lipinski definition) is 5. The number of likely N-dealkylation sites (tertiary alicyclic amines) is 2. The van der Waals surface area contributed by atoms with Gasteiger partial charge < -0.3 is 9.80 Å². The SMILES string of the molecule is C=C(F)C(=O)N1CC(n2c(=O)n(-c3ccc(C(F)(F)F)cc3)c3nccc(-c4cnn(CCN5CCC5)c4)c32)C1. The van der Waals surface area contributed by atoms with Crippen LogP contribution in [0.1, 0.15) is 18.0 Å². The summed E-state index contributed by atoms with van der Waals surface area (Å²) in [6.45, 7) is 6.88. The minimum absolute atomic E-state index is 0.0667. The zero-order valence-corrected chi connectivity index (χ0v) is 21.3. The molecule has 1 aromatic carbocycles. The van der Waals surface area contributed by atoms with Gasteiger partial charge in [0.1, 0.15) is 0 Å². The number of halogens is 4. The van der Waals surface area contributed by atoms with E-state index in [4.69, 9.17) is 0 Å². The van der Waals surface area contributed by atoms with E-state index in [1.807, 2.05) is 10.9 Å². The molecular weight excluding hydrogens is 530 g/mol. The molecular formula is C27H25F4N7O2. The molecule has 2 aliphatic rings. The summed E-state index contributed by atoms with van der Waals surface area (Å²) < 4.78 is 57.5. The van der Waals surface area contributed by atoms with Crippen molar-refractivity contribution in [3.63, 3.8) is 0 Å². The van der Waals surface area contributed by atoms with E-state index < -0.39 is 35.2 Å². The molecule has 0 unspecified atom stereocenters. The summed E-state index contributed by atoms with van der Waals surface area (Å²) in [4.78, 5) is 33.9. The smallest absolute Gasteiger partial charge is 0.332 e. The average Bonchev–Trinajstić information content (AvgIpc) is 3.44. The molecule has 2 aliphatic heterocycles. The molecule has 6 rings (SSSR count). The van der Waals surface area contributed by atoms with Gasteiger partial charge in [-0.05, 0) is 49.8 Å². The minimum atomic E-state index is -4.53. The maximum Gasteiger partial charge on any atom is 0.416 e. The highest BCUT2D eigenvalue weighted by Gasteiger charge is 2.37. The first kappa shape index (κ1) is 26.0. The molecule has 3 aromatic heterocycles. The largest absolute Gasteiger partial charge is 0.416 e. The quantitative estimate of drug-likeness (QED) is 0.257. The van der Waals surface area contributed by atoms with Crippen LogP contribution in [0.2, 0.25) is 0 Å². The molecule has 4 aromatic rings. The molecule has 0 radical (unpaired) electrons. The van der Waals surface area contributed by atoms with E-state index in [1.54, 1.807) is 12.3 Å². The fraction of sp³-hybridized carbons (Fsp3) is 0.333. The summed E-state index contributed by atoms with van der Waals surface area (Å²) in [5.74, 6) is -1.94. The Bertz CT molecular complexity index is 1660. The molecule has 208 valence electrons. The molecule has 5 heterocycles. The second kappa shape index (κ2) is 9.73. The van der Waals surface area contributed by atoms with E-state index in [0.717, 1.165) is 37.3 Å². The van der Waals surface area contributed by atoms with Gasteiger partial charge >= 0.3 is 11.9 Å². The van der Waals surface area contributed by atoms with E-state index in [-0.39, 0.29) is 24.4 Å². The zero-order valence-electron chi connectivity index (χ0n) is 21.3. The number of benzene rings is 1. The van der Waals surface area contributed by atoms with Gasteiger partial charge in [-0.2, -0.15) is 18.3 Å². The Balaban J connectivity index is 1.44. The molecule has 0 atom stereocenters. The fourth-order valence-corrected chi connectivity index (χ4v) is 5.17. The third-order valence-corrected chi connectivity index (χ3v) is 7.49. The first-order chi connectivity index (χ1) is 19.1. The van der Waals surface area contributed by atoms with Crippen molar-refractivity contribution in [3.05, 3.63) is 77.4 Å². The average molecular weight is 556 g/mol. The molecule has 9 nitrogen and oxygen atoms in total. The molecule has 13 heteroatoms. The van der Waals surface area contributed by atoms with Crippen molar-refractivity contribution in [3.8, 4) is 16.8 Å². The predicted molar refractivity (Wildman–Crippen MR) is 138 cm³/mol. The number of imidazole rings is 1. The number of nitrogens with zero attached hydrogens (tertiary/aromatic N) is 7. The molecule has 0 N–H and O–H groups in total. The summed E-state index contributed by atoms with van der Waals surface area (Å²) in [5.41, 5.74) is 0.923. The zero-order chi connectivity index (χ0) is 28.2. The predicted octanol–water partition coefficient (Wildman–Crippen LogP) is 3.64. The van der Waals surface area contributed by atoms with Crippen LogP contribution in [0.3, 0.4) is 0 Å². The van der Waals surface area contributed by atoms with Crippen molar-refractivity contribution in [2.24, 2.45) is 0 Å². The van der Waals surface area contributed by atoms with Gasteiger partial charge in [0, 0.05) is 43.2 Å². The van der Waals surface area contributed by atoms with Crippen molar-refractivity contribution < 1.29 is 22.4 Å². The molecule has 0 bridgehead atoms. The van der Waals surface area contributed by atoms with Gasteiger partial charge in [-0.1, -0.05) is 6.58 Å².